The number of methoxy groups -OCH3 is 1. The van der Waals surface area contributed by atoms with Gasteiger partial charge in [-0.05, 0) is 34.7 Å². The third kappa shape index (κ3) is 4.60. The zero-order valence-electron chi connectivity index (χ0n) is 14.5. The first-order chi connectivity index (χ1) is 13.4. The Kier molecular flexibility index (Phi) is 5.83. The number of amides is 1. The van der Waals surface area contributed by atoms with Gasteiger partial charge in [-0.25, -0.2) is 0 Å². The van der Waals surface area contributed by atoms with Crippen molar-refractivity contribution in [2.45, 2.75) is 11.3 Å². The van der Waals surface area contributed by atoms with Gasteiger partial charge in [-0.15, -0.1) is 5.10 Å². The van der Waals surface area contributed by atoms with Crippen LogP contribution in [0, 0.1) is 0 Å². The summed E-state index contributed by atoms with van der Waals surface area (Å²) < 4.78 is 45.7. The Bertz CT molecular complexity index is 977. The van der Waals surface area contributed by atoms with Crippen molar-refractivity contribution in [1.82, 2.24) is 20.2 Å². The predicted octanol–water partition coefficient (Wildman–Crippen LogP) is 3.42. The number of hydrogen-bond acceptors (Lipinski definition) is 6. The summed E-state index contributed by atoms with van der Waals surface area (Å²) in [6.07, 6.45) is -4.56. The number of hydrogen-bond donors (Lipinski definition) is 1. The highest BCUT2D eigenvalue weighted by Gasteiger charge is 2.34. The number of rotatable bonds is 6. The average Bonchev–Trinajstić information content (AvgIpc) is 3.14. The fourth-order valence-corrected chi connectivity index (χ4v) is 3.03. The molecule has 3 aromatic rings. The van der Waals surface area contributed by atoms with E-state index in [2.05, 4.69) is 20.8 Å². The summed E-state index contributed by atoms with van der Waals surface area (Å²) in [6, 6.07) is 11.7. The van der Waals surface area contributed by atoms with Crippen LogP contribution in [0.5, 0.6) is 5.75 Å². The van der Waals surface area contributed by atoms with Gasteiger partial charge in [-0.3, -0.25) is 4.79 Å². The van der Waals surface area contributed by atoms with Crippen molar-refractivity contribution in [1.29, 1.82) is 0 Å². The molecule has 0 unspecified atom stereocenters. The van der Waals surface area contributed by atoms with Gasteiger partial charge in [0, 0.05) is 11.8 Å². The van der Waals surface area contributed by atoms with Crippen LogP contribution >= 0.6 is 11.8 Å². The van der Waals surface area contributed by atoms with Gasteiger partial charge in [0.2, 0.25) is 11.1 Å². The first-order valence-corrected chi connectivity index (χ1v) is 8.88. The lowest BCUT2D eigenvalue weighted by Gasteiger charge is -2.12. The van der Waals surface area contributed by atoms with Crippen molar-refractivity contribution in [3.63, 3.8) is 0 Å². The molecule has 146 valence electrons. The normalized spacial score (nSPS) is 11.3. The van der Waals surface area contributed by atoms with E-state index in [1.165, 1.54) is 25.3 Å². The van der Waals surface area contributed by atoms with Crippen LogP contribution in [0.3, 0.4) is 0 Å². The molecule has 0 saturated heterocycles. The van der Waals surface area contributed by atoms with Crippen LogP contribution in [-0.4, -0.2) is 39.0 Å². The highest BCUT2D eigenvalue weighted by Crippen LogP contribution is 2.34. The number of anilines is 1. The third-order valence-electron chi connectivity index (χ3n) is 3.56. The number of ether oxygens (including phenoxy) is 1. The first kappa shape index (κ1) is 19.7. The van der Waals surface area contributed by atoms with Crippen molar-refractivity contribution in [2.75, 3.05) is 18.2 Å². The highest BCUT2D eigenvalue weighted by molar-refractivity contribution is 7.99. The number of benzene rings is 2. The summed E-state index contributed by atoms with van der Waals surface area (Å²) in [5.41, 5.74) is -0.548. The maximum Gasteiger partial charge on any atom is 0.418 e. The molecule has 11 heteroatoms. The minimum absolute atomic E-state index is 0.0671. The molecule has 1 heterocycles. The minimum atomic E-state index is -4.56. The van der Waals surface area contributed by atoms with Crippen molar-refractivity contribution in [3.8, 4) is 11.4 Å². The van der Waals surface area contributed by atoms with Crippen molar-refractivity contribution in [3.05, 3.63) is 54.1 Å². The largest absolute Gasteiger partial charge is 0.497 e. The van der Waals surface area contributed by atoms with Crippen molar-refractivity contribution < 1.29 is 22.7 Å². The molecule has 0 radical (unpaired) electrons. The second kappa shape index (κ2) is 8.30. The molecule has 1 aromatic heterocycles. The summed E-state index contributed by atoms with van der Waals surface area (Å²) in [5, 5.41) is 13.5. The van der Waals surface area contributed by atoms with Crippen LogP contribution in [0.1, 0.15) is 5.56 Å². The summed E-state index contributed by atoms with van der Waals surface area (Å²) in [4.78, 5) is 12.2. The fourth-order valence-electron chi connectivity index (χ4n) is 2.35. The van der Waals surface area contributed by atoms with Crippen molar-refractivity contribution >= 4 is 23.4 Å². The fraction of sp³-hybridized carbons (Fsp3) is 0.176. The summed E-state index contributed by atoms with van der Waals surface area (Å²) >= 11 is 0.921. The Morgan fingerprint density at radius 3 is 2.75 bits per heavy atom. The maximum absolute atomic E-state index is 13.2. The number of alkyl halides is 3. The maximum atomic E-state index is 13.2. The Balaban J connectivity index is 1.72. The van der Waals surface area contributed by atoms with E-state index in [-0.39, 0.29) is 22.5 Å². The zero-order chi connectivity index (χ0) is 20.1. The Hall–Kier alpha value is -3.08. The van der Waals surface area contributed by atoms with E-state index in [4.69, 9.17) is 4.74 Å². The minimum Gasteiger partial charge on any atom is -0.497 e. The quantitative estimate of drug-likeness (QED) is 0.629. The molecule has 0 bridgehead atoms. The number of carbonyl (C=O) groups is 1. The molecule has 0 fully saturated rings. The number of nitrogens with zero attached hydrogens (tertiary/aromatic N) is 4. The second-order valence-corrected chi connectivity index (χ2v) is 6.40. The average molecular weight is 409 g/mol. The van der Waals surface area contributed by atoms with Crippen molar-refractivity contribution in [2.24, 2.45) is 0 Å². The number of para-hydroxylation sites is 1. The van der Waals surface area contributed by atoms with Gasteiger partial charge in [-0.1, -0.05) is 30.0 Å². The number of carbonyl (C=O) groups excluding carboxylic acids is 1. The van der Waals surface area contributed by atoms with E-state index < -0.39 is 11.7 Å². The van der Waals surface area contributed by atoms with Gasteiger partial charge in [0.25, 0.3) is 0 Å². The van der Waals surface area contributed by atoms with Gasteiger partial charge in [-0.2, -0.15) is 17.9 Å². The molecule has 3 rings (SSSR count). The predicted molar refractivity (Wildman–Crippen MR) is 96.5 cm³/mol. The SMILES string of the molecule is COc1cccc(NC(=O)CSc2nnnn2-c2ccccc2C(F)(F)F)c1. The molecule has 0 spiro atoms. The Morgan fingerprint density at radius 2 is 2.00 bits per heavy atom. The van der Waals surface area contributed by atoms with Crippen LogP contribution in [0.2, 0.25) is 0 Å². The number of halogens is 3. The lowest BCUT2D eigenvalue weighted by atomic mass is 10.2. The lowest BCUT2D eigenvalue weighted by molar-refractivity contribution is -0.137. The molecule has 28 heavy (non-hydrogen) atoms. The van der Waals surface area contributed by atoms with E-state index in [9.17, 15) is 18.0 Å². The monoisotopic (exact) mass is 409 g/mol. The standard InChI is InChI=1S/C17H14F3N5O2S/c1-27-12-6-4-5-11(9-12)21-15(26)10-28-16-22-23-24-25(16)14-8-3-2-7-13(14)17(18,19)20/h2-9H,10H2,1H3,(H,21,26). The van der Waals surface area contributed by atoms with Crippen LogP contribution in [0.25, 0.3) is 5.69 Å². The van der Waals surface area contributed by atoms with Gasteiger partial charge in [0.1, 0.15) is 5.75 Å². The van der Waals surface area contributed by atoms with Crippen LogP contribution in [0.15, 0.2) is 53.7 Å². The molecular weight excluding hydrogens is 395 g/mol. The van der Waals surface area contributed by atoms with Crippen LogP contribution < -0.4 is 10.1 Å². The molecule has 7 nitrogen and oxygen atoms in total. The van der Waals surface area contributed by atoms with E-state index in [0.29, 0.717) is 11.4 Å². The molecular formula is C17H14F3N5O2S. The molecule has 0 saturated carbocycles. The Labute approximate surface area is 161 Å². The number of aromatic nitrogens is 4. The molecule has 0 aliphatic carbocycles. The zero-order valence-corrected chi connectivity index (χ0v) is 15.3. The molecule has 1 amide bonds. The molecule has 0 atom stereocenters. The van der Waals surface area contributed by atoms with E-state index in [1.54, 1.807) is 24.3 Å². The molecule has 0 aliphatic rings. The second-order valence-electron chi connectivity index (χ2n) is 5.46. The topological polar surface area (TPSA) is 81.9 Å². The van der Waals surface area contributed by atoms with Crippen LogP contribution in [-0.2, 0) is 11.0 Å². The molecule has 1 N–H and O–H groups in total. The van der Waals surface area contributed by atoms with E-state index >= 15 is 0 Å². The van der Waals surface area contributed by atoms with Crippen LogP contribution in [0.4, 0.5) is 18.9 Å². The summed E-state index contributed by atoms with van der Waals surface area (Å²) in [5.74, 6) is 0.126. The molecule has 0 aliphatic heterocycles. The smallest absolute Gasteiger partial charge is 0.418 e. The van der Waals surface area contributed by atoms with Gasteiger partial charge < -0.3 is 10.1 Å². The van der Waals surface area contributed by atoms with Gasteiger partial charge >= 0.3 is 6.18 Å². The van der Waals surface area contributed by atoms with Gasteiger partial charge in [0.05, 0.1) is 24.1 Å². The number of nitrogens with one attached hydrogen (secondary N) is 1. The lowest BCUT2D eigenvalue weighted by Crippen LogP contribution is -2.15. The van der Waals surface area contributed by atoms with E-state index in [1.807, 2.05) is 0 Å². The number of tetrazole rings is 1. The number of thioether (sulfide) groups is 1. The third-order valence-corrected chi connectivity index (χ3v) is 4.48. The Morgan fingerprint density at radius 1 is 1.21 bits per heavy atom. The van der Waals surface area contributed by atoms with Gasteiger partial charge in [0.15, 0.2) is 0 Å². The molecule has 2 aromatic carbocycles. The summed E-state index contributed by atoms with van der Waals surface area (Å²) in [6.45, 7) is 0. The summed E-state index contributed by atoms with van der Waals surface area (Å²) in [7, 11) is 1.51. The highest BCUT2D eigenvalue weighted by atomic mass is 32.2. The van der Waals surface area contributed by atoms with E-state index in [0.717, 1.165) is 22.5 Å². The first-order valence-electron chi connectivity index (χ1n) is 7.90.